The lowest BCUT2D eigenvalue weighted by Crippen LogP contribution is -2.21. The first-order valence-electron chi connectivity index (χ1n) is 7.53. The standard InChI is InChI=1S/C16H21BrF3N/c1-2-11-4-3-5-13(8-6-11)21-15-9-7-12(17)10-14(15)16(18,19)20/h7,9-11,13,21H,2-6,8H2,1H3. The number of hydrogen-bond acceptors (Lipinski definition) is 1. The largest absolute Gasteiger partial charge is 0.418 e. The third-order valence-electron chi connectivity index (χ3n) is 4.31. The van der Waals surface area contributed by atoms with Crippen LogP contribution in [0.3, 0.4) is 0 Å². The Kier molecular flexibility index (Phi) is 5.58. The third-order valence-corrected chi connectivity index (χ3v) is 4.81. The lowest BCUT2D eigenvalue weighted by Gasteiger charge is -2.21. The van der Waals surface area contributed by atoms with Crippen molar-refractivity contribution >= 4 is 21.6 Å². The first kappa shape index (κ1) is 16.7. The minimum absolute atomic E-state index is 0.142. The molecule has 0 aliphatic heterocycles. The van der Waals surface area contributed by atoms with Crippen LogP contribution in [-0.2, 0) is 6.18 Å². The van der Waals surface area contributed by atoms with Crippen LogP contribution in [0.5, 0.6) is 0 Å². The molecular formula is C16H21BrF3N. The molecule has 2 atom stereocenters. The van der Waals surface area contributed by atoms with E-state index >= 15 is 0 Å². The molecule has 5 heteroatoms. The molecule has 0 amide bonds. The first-order valence-corrected chi connectivity index (χ1v) is 8.32. The van der Waals surface area contributed by atoms with Gasteiger partial charge in [0.25, 0.3) is 0 Å². The van der Waals surface area contributed by atoms with Crippen molar-refractivity contribution < 1.29 is 13.2 Å². The molecule has 0 saturated heterocycles. The van der Waals surface area contributed by atoms with E-state index in [1.54, 1.807) is 6.07 Å². The average Bonchev–Trinajstić information content (AvgIpc) is 2.65. The van der Waals surface area contributed by atoms with Crippen LogP contribution < -0.4 is 5.32 Å². The van der Waals surface area contributed by atoms with Gasteiger partial charge in [-0.1, -0.05) is 42.1 Å². The summed E-state index contributed by atoms with van der Waals surface area (Å²) >= 11 is 3.12. The van der Waals surface area contributed by atoms with Crippen LogP contribution >= 0.6 is 15.9 Å². The molecule has 1 nitrogen and oxygen atoms in total. The quantitative estimate of drug-likeness (QED) is 0.626. The predicted octanol–water partition coefficient (Wildman–Crippen LogP) is 6.24. The van der Waals surface area contributed by atoms with Crippen LogP contribution in [0.25, 0.3) is 0 Å². The number of hydrogen-bond donors (Lipinski definition) is 1. The molecule has 21 heavy (non-hydrogen) atoms. The average molecular weight is 364 g/mol. The van der Waals surface area contributed by atoms with E-state index in [0.29, 0.717) is 4.47 Å². The van der Waals surface area contributed by atoms with E-state index in [1.807, 2.05) is 0 Å². The van der Waals surface area contributed by atoms with Gasteiger partial charge in [0.15, 0.2) is 0 Å². The highest BCUT2D eigenvalue weighted by Crippen LogP contribution is 2.37. The highest BCUT2D eigenvalue weighted by atomic mass is 79.9. The zero-order valence-electron chi connectivity index (χ0n) is 12.1. The SMILES string of the molecule is CCC1CCCC(Nc2ccc(Br)cc2C(F)(F)F)CC1. The zero-order chi connectivity index (χ0) is 15.5. The van der Waals surface area contributed by atoms with E-state index in [2.05, 4.69) is 28.2 Å². The molecule has 118 valence electrons. The van der Waals surface area contributed by atoms with Crippen molar-refractivity contribution in [1.29, 1.82) is 0 Å². The van der Waals surface area contributed by atoms with Crippen LogP contribution in [0.2, 0.25) is 0 Å². The van der Waals surface area contributed by atoms with E-state index < -0.39 is 11.7 Å². The van der Waals surface area contributed by atoms with E-state index in [-0.39, 0.29) is 11.7 Å². The molecule has 0 bridgehead atoms. The fourth-order valence-corrected chi connectivity index (χ4v) is 3.39. The molecule has 1 aliphatic rings. The first-order chi connectivity index (χ1) is 9.90. The highest BCUT2D eigenvalue weighted by Gasteiger charge is 2.34. The number of rotatable bonds is 3. The lowest BCUT2D eigenvalue weighted by molar-refractivity contribution is -0.137. The lowest BCUT2D eigenvalue weighted by atomic mass is 9.98. The molecule has 0 heterocycles. The van der Waals surface area contributed by atoms with E-state index in [4.69, 9.17) is 0 Å². The summed E-state index contributed by atoms with van der Waals surface area (Å²) in [6.45, 7) is 2.19. The number of benzene rings is 1. The molecule has 1 aromatic rings. The maximum absolute atomic E-state index is 13.1. The second-order valence-electron chi connectivity index (χ2n) is 5.81. The smallest absolute Gasteiger partial charge is 0.382 e. The van der Waals surface area contributed by atoms with Gasteiger partial charge in [-0.25, -0.2) is 0 Å². The van der Waals surface area contributed by atoms with Crippen molar-refractivity contribution in [3.63, 3.8) is 0 Å². The van der Waals surface area contributed by atoms with Gasteiger partial charge in [-0.15, -0.1) is 0 Å². The Bertz CT molecular complexity index is 473. The highest BCUT2D eigenvalue weighted by molar-refractivity contribution is 9.10. The maximum atomic E-state index is 13.1. The molecule has 2 unspecified atom stereocenters. The fourth-order valence-electron chi connectivity index (χ4n) is 3.03. The summed E-state index contributed by atoms with van der Waals surface area (Å²) in [5, 5.41) is 3.13. The van der Waals surface area contributed by atoms with Gasteiger partial charge in [-0.3, -0.25) is 0 Å². The zero-order valence-corrected chi connectivity index (χ0v) is 13.7. The number of alkyl halides is 3. The Hall–Kier alpha value is -0.710. The predicted molar refractivity (Wildman–Crippen MR) is 83.4 cm³/mol. The molecule has 0 radical (unpaired) electrons. The van der Waals surface area contributed by atoms with Crippen LogP contribution in [0.4, 0.5) is 18.9 Å². The Balaban J connectivity index is 2.12. The van der Waals surface area contributed by atoms with Crippen LogP contribution in [0.15, 0.2) is 22.7 Å². The summed E-state index contributed by atoms with van der Waals surface area (Å²) in [6.07, 6.45) is 2.12. The normalized spacial score (nSPS) is 23.7. The van der Waals surface area contributed by atoms with Crippen molar-refractivity contribution in [2.75, 3.05) is 5.32 Å². The topological polar surface area (TPSA) is 12.0 Å². The molecule has 0 aromatic heterocycles. The minimum Gasteiger partial charge on any atom is -0.382 e. The molecule has 1 N–H and O–H groups in total. The molecule has 0 spiro atoms. The van der Waals surface area contributed by atoms with E-state index in [9.17, 15) is 13.2 Å². The van der Waals surface area contributed by atoms with Gasteiger partial charge in [0.05, 0.1) is 5.56 Å². The van der Waals surface area contributed by atoms with Crippen molar-refractivity contribution in [2.24, 2.45) is 5.92 Å². The summed E-state index contributed by atoms with van der Waals surface area (Å²) in [5.41, 5.74) is -0.390. The minimum atomic E-state index is -4.33. The van der Waals surface area contributed by atoms with E-state index in [1.165, 1.54) is 18.9 Å². The Morgan fingerprint density at radius 3 is 2.62 bits per heavy atom. The summed E-state index contributed by atoms with van der Waals surface area (Å²) in [7, 11) is 0. The fraction of sp³-hybridized carbons (Fsp3) is 0.625. The molecule has 1 aromatic carbocycles. The summed E-state index contributed by atoms with van der Waals surface area (Å²) in [4.78, 5) is 0. The molecular weight excluding hydrogens is 343 g/mol. The monoisotopic (exact) mass is 363 g/mol. The van der Waals surface area contributed by atoms with Gasteiger partial charge in [0.1, 0.15) is 0 Å². The summed E-state index contributed by atoms with van der Waals surface area (Å²) < 4.78 is 39.8. The number of halogens is 4. The van der Waals surface area contributed by atoms with Gasteiger partial charge < -0.3 is 5.32 Å². The van der Waals surface area contributed by atoms with Crippen molar-refractivity contribution in [2.45, 2.75) is 57.7 Å². The number of anilines is 1. The van der Waals surface area contributed by atoms with Gasteiger partial charge in [0.2, 0.25) is 0 Å². The number of nitrogens with one attached hydrogen (secondary N) is 1. The Morgan fingerprint density at radius 2 is 1.95 bits per heavy atom. The Morgan fingerprint density at radius 1 is 1.19 bits per heavy atom. The van der Waals surface area contributed by atoms with Crippen molar-refractivity contribution in [1.82, 2.24) is 0 Å². The maximum Gasteiger partial charge on any atom is 0.418 e. The third kappa shape index (κ3) is 4.63. The van der Waals surface area contributed by atoms with Gasteiger partial charge in [-0.05, 0) is 43.4 Å². The molecule has 2 rings (SSSR count). The summed E-state index contributed by atoms with van der Waals surface area (Å²) in [5.74, 6) is 0.726. The van der Waals surface area contributed by atoms with Crippen LogP contribution in [0.1, 0.15) is 51.0 Å². The Labute approximate surface area is 132 Å². The van der Waals surface area contributed by atoms with E-state index in [0.717, 1.165) is 37.7 Å². The molecule has 1 aliphatic carbocycles. The van der Waals surface area contributed by atoms with Crippen LogP contribution in [0, 0.1) is 5.92 Å². The second kappa shape index (κ2) is 7.03. The van der Waals surface area contributed by atoms with Gasteiger partial charge >= 0.3 is 6.18 Å². The van der Waals surface area contributed by atoms with Gasteiger partial charge in [-0.2, -0.15) is 13.2 Å². The van der Waals surface area contributed by atoms with Gasteiger partial charge in [0, 0.05) is 16.2 Å². The summed E-state index contributed by atoms with van der Waals surface area (Å²) in [6, 6.07) is 4.47. The second-order valence-corrected chi connectivity index (χ2v) is 6.73. The van der Waals surface area contributed by atoms with Crippen molar-refractivity contribution in [3.05, 3.63) is 28.2 Å². The molecule has 1 saturated carbocycles. The van der Waals surface area contributed by atoms with Crippen molar-refractivity contribution in [3.8, 4) is 0 Å². The molecule has 1 fully saturated rings. The van der Waals surface area contributed by atoms with Crippen LogP contribution in [-0.4, -0.2) is 6.04 Å².